The second-order valence-electron chi connectivity index (χ2n) is 5.48. The molecule has 2 aromatic carbocycles. The summed E-state index contributed by atoms with van der Waals surface area (Å²) in [5, 5.41) is 2.61. The van der Waals surface area contributed by atoms with Gasteiger partial charge in [-0.05, 0) is 47.0 Å². The first-order chi connectivity index (χ1) is 12.0. The molecule has 6 heteroatoms. The molecule has 1 N–H and O–H groups in total. The van der Waals surface area contributed by atoms with Gasteiger partial charge in [0.2, 0.25) is 0 Å². The summed E-state index contributed by atoms with van der Waals surface area (Å²) < 4.78 is 5.60. The van der Waals surface area contributed by atoms with Gasteiger partial charge in [-0.15, -0.1) is 0 Å². The Morgan fingerprint density at radius 3 is 2.32 bits per heavy atom. The molecule has 0 saturated heterocycles. The quantitative estimate of drug-likeness (QED) is 0.721. The molecule has 0 aromatic heterocycles. The number of amides is 1. The molecule has 0 radical (unpaired) electrons. The van der Waals surface area contributed by atoms with Crippen molar-refractivity contribution in [3.8, 4) is 0 Å². The van der Waals surface area contributed by atoms with Gasteiger partial charge in [0, 0.05) is 4.47 Å². The van der Waals surface area contributed by atoms with Crippen molar-refractivity contribution < 1.29 is 19.1 Å². The predicted octanol–water partition coefficient (Wildman–Crippen LogP) is 2.92. The van der Waals surface area contributed by atoms with Crippen LogP contribution in [0.3, 0.4) is 0 Å². The number of hydrogen-bond donors (Lipinski definition) is 1. The van der Waals surface area contributed by atoms with Crippen LogP contribution in [0.5, 0.6) is 0 Å². The monoisotopic (exact) mass is 403 g/mol. The zero-order valence-electron chi connectivity index (χ0n) is 13.7. The molecule has 2 rings (SSSR count). The van der Waals surface area contributed by atoms with Gasteiger partial charge < -0.3 is 10.1 Å². The summed E-state index contributed by atoms with van der Waals surface area (Å²) in [6, 6.07) is 15.5. The van der Waals surface area contributed by atoms with Gasteiger partial charge in [-0.3, -0.25) is 9.59 Å². The van der Waals surface area contributed by atoms with Crippen molar-refractivity contribution >= 4 is 33.6 Å². The SMILES string of the molecule is CC(=O)[C@H](Cc1ccccc1)NC(=O)COC(=O)c1ccccc1Br. The first kappa shape index (κ1) is 18.9. The molecule has 0 aliphatic heterocycles. The van der Waals surface area contributed by atoms with Crippen molar-refractivity contribution in [3.63, 3.8) is 0 Å². The largest absolute Gasteiger partial charge is 0.452 e. The van der Waals surface area contributed by atoms with Gasteiger partial charge in [-0.2, -0.15) is 0 Å². The number of rotatable bonds is 7. The number of carbonyl (C=O) groups is 3. The van der Waals surface area contributed by atoms with E-state index in [2.05, 4.69) is 21.2 Å². The highest BCUT2D eigenvalue weighted by Crippen LogP contribution is 2.16. The van der Waals surface area contributed by atoms with E-state index in [0.29, 0.717) is 16.5 Å². The summed E-state index contributed by atoms with van der Waals surface area (Å²) in [6.45, 7) is 0.972. The fourth-order valence-electron chi connectivity index (χ4n) is 2.22. The van der Waals surface area contributed by atoms with E-state index in [1.807, 2.05) is 30.3 Å². The zero-order chi connectivity index (χ0) is 18.2. The Morgan fingerprint density at radius 2 is 1.68 bits per heavy atom. The lowest BCUT2D eigenvalue weighted by Gasteiger charge is -2.16. The van der Waals surface area contributed by atoms with Crippen LogP contribution < -0.4 is 5.32 Å². The number of nitrogens with one attached hydrogen (secondary N) is 1. The number of Topliss-reactive ketones (excluding diaryl/α,β-unsaturated/α-hetero) is 1. The minimum Gasteiger partial charge on any atom is -0.452 e. The number of hydrogen-bond acceptors (Lipinski definition) is 4. The summed E-state index contributed by atoms with van der Waals surface area (Å²) in [7, 11) is 0. The summed E-state index contributed by atoms with van der Waals surface area (Å²) in [4.78, 5) is 35.8. The molecule has 0 fully saturated rings. The van der Waals surface area contributed by atoms with E-state index in [1.165, 1.54) is 6.92 Å². The lowest BCUT2D eigenvalue weighted by molar-refractivity contribution is -0.128. The maximum absolute atomic E-state index is 12.0. The molecule has 0 bridgehead atoms. The van der Waals surface area contributed by atoms with Crippen LogP contribution in [0.1, 0.15) is 22.8 Å². The van der Waals surface area contributed by atoms with E-state index in [-0.39, 0.29) is 5.78 Å². The number of ether oxygens (including phenoxy) is 1. The average Bonchev–Trinajstić information content (AvgIpc) is 2.60. The smallest absolute Gasteiger partial charge is 0.339 e. The molecule has 0 saturated carbocycles. The van der Waals surface area contributed by atoms with Crippen LogP contribution in [0.2, 0.25) is 0 Å². The Balaban J connectivity index is 1.90. The molecule has 130 valence electrons. The molecular weight excluding hydrogens is 386 g/mol. The molecule has 2 aromatic rings. The molecule has 0 unspecified atom stereocenters. The molecular formula is C19H18BrNO4. The Labute approximate surface area is 154 Å². The molecule has 5 nitrogen and oxygen atoms in total. The summed E-state index contributed by atoms with van der Waals surface area (Å²) in [5.74, 6) is -1.28. The van der Waals surface area contributed by atoms with E-state index in [1.54, 1.807) is 24.3 Å². The molecule has 0 heterocycles. The highest BCUT2D eigenvalue weighted by Gasteiger charge is 2.19. The van der Waals surface area contributed by atoms with Crippen molar-refractivity contribution in [2.24, 2.45) is 0 Å². The third kappa shape index (κ3) is 5.83. The van der Waals surface area contributed by atoms with E-state index in [4.69, 9.17) is 4.74 Å². The first-order valence-electron chi connectivity index (χ1n) is 7.72. The number of ketones is 1. The maximum atomic E-state index is 12.0. The van der Waals surface area contributed by atoms with Gasteiger partial charge in [0.1, 0.15) is 0 Å². The fourth-order valence-corrected chi connectivity index (χ4v) is 2.66. The molecule has 25 heavy (non-hydrogen) atoms. The minimum absolute atomic E-state index is 0.158. The van der Waals surface area contributed by atoms with Crippen LogP contribution >= 0.6 is 15.9 Å². The van der Waals surface area contributed by atoms with Gasteiger partial charge in [0.05, 0.1) is 11.6 Å². The Morgan fingerprint density at radius 1 is 1.04 bits per heavy atom. The lowest BCUT2D eigenvalue weighted by Crippen LogP contribution is -2.43. The van der Waals surface area contributed by atoms with Crippen molar-refractivity contribution in [3.05, 3.63) is 70.2 Å². The number of carbonyl (C=O) groups excluding carboxylic acids is 3. The Bertz CT molecular complexity index is 761. The standard InChI is InChI=1S/C19H18BrNO4/c1-13(22)17(11-14-7-3-2-4-8-14)21-18(23)12-25-19(24)15-9-5-6-10-16(15)20/h2-10,17H,11-12H2,1H3,(H,21,23)/t17-/m0/s1. The predicted molar refractivity (Wildman–Crippen MR) is 97.2 cm³/mol. The first-order valence-corrected chi connectivity index (χ1v) is 8.52. The van der Waals surface area contributed by atoms with Crippen molar-refractivity contribution in [1.29, 1.82) is 0 Å². The van der Waals surface area contributed by atoms with Crippen molar-refractivity contribution in [1.82, 2.24) is 5.32 Å². The van der Waals surface area contributed by atoms with Crippen LogP contribution in [0.15, 0.2) is 59.1 Å². The van der Waals surface area contributed by atoms with Gasteiger partial charge >= 0.3 is 5.97 Å². The third-order valence-corrected chi connectivity index (χ3v) is 4.23. The van der Waals surface area contributed by atoms with E-state index in [9.17, 15) is 14.4 Å². The van der Waals surface area contributed by atoms with E-state index >= 15 is 0 Å². The van der Waals surface area contributed by atoms with Gasteiger partial charge in [0.15, 0.2) is 12.4 Å². The van der Waals surface area contributed by atoms with Crippen LogP contribution in [0.25, 0.3) is 0 Å². The Hall–Kier alpha value is -2.47. The number of benzene rings is 2. The molecule has 0 spiro atoms. The third-order valence-electron chi connectivity index (χ3n) is 3.54. The Kier molecular flexibility index (Phi) is 6.89. The van der Waals surface area contributed by atoms with Gasteiger partial charge in [0.25, 0.3) is 5.91 Å². The fraction of sp³-hybridized carbons (Fsp3) is 0.211. The molecule has 0 aliphatic carbocycles. The zero-order valence-corrected chi connectivity index (χ0v) is 15.3. The number of halogens is 1. The summed E-state index contributed by atoms with van der Waals surface area (Å²) in [5.41, 5.74) is 1.27. The molecule has 1 amide bonds. The topological polar surface area (TPSA) is 72.5 Å². The van der Waals surface area contributed by atoms with Crippen LogP contribution in [0.4, 0.5) is 0 Å². The summed E-state index contributed by atoms with van der Waals surface area (Å²) in [6.07, 6.45) is 0.389. The van der Waals surface area contributed by atoms with E-state index in [0.717, 1.165) is 5.56 Å². The number of esters is 1. The van der Waals surface area contributed by atoms with Crippen LogP contribution in [0, 0.1) is 0 Å². The summed E-state index contributed by atoms with van der Waals surface area (Å²) >= 11 is 3.25. The second kappa shape index (κ2) is 9.13. The minimum atomic E-state index is -0.655. The van der Waals surface area contributed by atoms with E-state index < -0.39 is 24.5 Å². The van der Waals surface area contributed by atoms with Crippen molar-refractivity contribution in [2.75, 3.05) is 6.61 Å². The lowest BCUT2D eigenvalue weighted by atomic mass is 10.0. The molecule has 1 atom stereocenters. The van der Waals surface area contributed by atoms with Gasteiger partial charge in [-0.1, -0.05) is 42.5 Å². The van der Waals surface area contributed by atoms with Gasteiger partial charge in [-0.25, -0.2) is 4.79 Å². The van der Waals surface area contributed by atoms with Crippen molar-refractivity contribution in [2.45, 2.75) is 19.4 Å². The molecule has 0 aliphatic rings. The van der Waals surface area contributed by atoms with Crippen LogP contribution in [-0.2, 0) is 20.7 Å². The normalized spacial score (nSPS) is 11.4. The highest BCUT2D eigenvalue weighted by atomic mass is 79.9. The van der Waals surface area contributed by atoms with Crippen LogP contribution in [-0.4, -0.2) is 30.3 Å². The average molecular weight is 404 g/mol. The highest BCUT2D eigenvalue weighted by molar-refractivity contribution is 9.10. The maximum Gasteiger partial charge on any atom is 0.339 e. The second-order valence-corrected chi connectivity index (χ2v) is 6.33.